The van der Waals surface area contributed by atoms with E-state index in [-0.39, 0.29) is 11.9 Å². The Morgan fingerprint density at radius 2 is 2.24 bits per heavy atom. The quantitative estimate of drug-likeness (QED) is 0.880. The largest absolute Gasteiger partial charge is 0.370 e. The minimum atomic E-state index is -0.202. The van der Waals surface area contributed by atoms with E-state index in [0.717, 1.165) is 30.9 Å². The van der Waals surface area contributed by atoms with Gasteiger partial charge in [-0.05, 0) is 39.2 Å². The molecule has 21 heavy (non-hydrogen) atoms. The van der Waals surface area contributed by atoms with Gasteiger partial charge in [0.2, 0.25) is 5.91 Å². The molecule has 0 spiro atoms. The lowest BCUT2D eigenvalue weighted by Gasteiger charge is -2.22. The van der Waals surface area contributed by atoms with Gasteiger partial charge in [-0.3, -0.25) is 4.79 Å². The number of fused-ring (bicyclic) bond motifs is 1. The van der Waals surface area contributed by atoms with Gasteiger partial charge < -0.3 is 20.4 Å². The smallest absolute Gasteiger partial charge is 0.246 e. The zero-order chi connectivity index (χ0) is 15.0. The molecule has 2 unspecified atom stereocenters. The summed E-state index contributed by atoms with van der Waals surface area (Å²) in [5.41, 5.74) is 3.22. The second-order valence-corrected chi connectivity index (χ2v) is 6.10. The summed E-state index contributed by atoms with van der Waals surface area (Å²) < 4.78 is 0. The Morgan fingerprint density at radius 3 is 2.90 bits per heavy atom. The molecule has 1 fully saturated rings. The van der Waals surface area contributed by atoms with Crippen molar-refractivity contribution in [2.45, 2.75) is 25.4 Å². The summed E-state index contributed by atoms with van der Waals surface area (Å²) in [6.45, 7) is 4.93. The first-order valence-corrected chi connectivity index (χ1v) is 7.69. The number of benzene rings is 1. The van der Waals surface area contributed by atoms with Gasteiger partial charge >= 0.3 is 0 Å². The first-order chi connectivity index (χ1) is 10.1. The summed E-state index contributed by atoms with van der Waals surface area (Å²) in [5.74, 6) is 0.0524. The fourth-order valence-electron chi connectivity index (χ4n) is 3.25. The van der Waals surface area contributed by atoms with E-state index in [1.165, 1.54) is 12.1 Å². The third-order valence-electron chi connectivity index (χ3n) is 4.54. The molecule has 1 saturated heterocycles. The van der Waals surface area contributed by atoms with Gasteiger partial charge in [-0.2, -0.15) is 0 Å². The summed E-state index contributed by atoms with van der Waals surface area (Å²) in [4.78, 5) is 16.7. The maximum absolute atomic E-state index is 12.0. The maximum Gasteiger partial charge on any atom is 0.246 e. The molecule has 2 heterocycles. The summed E-state index contributed by atoms with van der Waals surface area (Å²) in [6, 6.07) is 6.75. The number of nitrogens with zero attached hydrogens (tertiary/aromatic N) is 2. The molecule has 0 radical (unpaired) electrons. The molecule has 2 aliphatic heterocycles. The lowest BCUT2D eigenvalue weighted by Crippen LogP contribution is -2.31. The number of carbonyl (C=O) groups is 1. The Kier molecular flexibility index (Phi) is 3.87. The van der Waals surface area contributed by atoms with Crippen LogP contribution in [0.2, 0.25) is 0 Å². The SMILES string of the molecule is CCNC1C(=O)Nc2cc(N3CCC(N(C)C)C3)ccc21. The van der Waals surface area contributed by atoms with Gasteiger partial charge in [0.25, 0.3) is 0 Å². The fourth-order valence-corrected chi connectivity index (χ4v) is 3.25. The molecule has 1 aromatic rings. The number of anilines is 2. The van der Waals surface area contributed by atoms with Crippen molar-refractivity contribution < 1.29 is 4.79 Å². The zero-order valence-electron chi connectivity index (χ0n) is 13.0. The number of rotatable bonds is 4. The third kappa shape index (κ3) is 2.63. The minimum Gasteiger partial charge on any atom is -0.370 e. The summed E-state index contributed by atoms with van der Waals surface area (Å²) >= 11 is 0. The van der Waals surface area contributed by atoms with Crippen LogP contribution in [0.25, 0.3) is 0 Å². The molecule has 0 aliphatic carbocycles. The molecule has 2 aliphatic rings. The first-order valence-electron chi connectivity index (χ1n) is 7.69. The van der Waals surface area contributed by atoms with E-state index < -0.39 is 0 Å². The third-order valence-corrected chi connectivity index (χ3v) is 4.54. The van der Waals surface area contributed by atoms with Gasteiger partial charge in [0.05, 0.1) is 0 Å². The van der Waals surface area contributed by atoms with Crippen LogP contribution in [-0.2, 0) is 4.79 Å². The van der Waals surface area contributed by atoms with E-state index in [1.54, 1.807) is 0 Å². The van der Waals surface area contributed by atoms with Crippen LogP contribution in [0.3, 0.4) is 0 Å². The van der Waals surface area contributed by atoms with E-state index >= 15 is 0 Å². The highest BCUT2D eigenvalue weighted by Crippen LogP contribution is 2.35. The van der Waals surface area contributed by atoms with Gasteiger partial charge in [0.15, 0.2) is 0 Å². The predicted octanol–water partition coefficient (Wildman–Crippen LogP) is 1.43. The normalized spacial score (nSPS) is 24.6. The van der Waals surface area contributed by atoms with Crippen LogP contribution in [0, 0.1) is 0 Å². The molecule has 2 atom stereocenters. The number of carbonyl (C=O) groups excluding carboxylic acids is 1. The second-order valence-electron chi connectivity index (χ2n) is 6.10. The molecule has 1 amide bonds. The number of amides is 1. The van der Waals surface area contributed by atoms with Crippen LogP contribution >= 0.6 is 0 Å². The molecule has 5 heteroatoms. The van der Waals surface area contributed by atoms with E-state index in [4.69, 9.17) is 0 Å². The van der Waals surface area contributed by atoms with Crippen LogP contribution in [0.5, 0.6) is 0 Å². The molecule has 1 aromatic carbocycles. The maximum atomic E-state index is 12.0. The second kappa shape index (κ2) is 5.66. The van der Waals surface area contributed by atoms with Gasteiger partial charge in [-0.1, -0.05) is 13.0 Å². The van der Waals surface area contributed by atoms with Crippen molar-refractivity contribution in [2.24, 2.45) is 0 Å². The van der Waals surface area contributed by atoms with Crippen molar-refractivity contribution in [2.75, 3.05) is 43.9 Å². The number of hydrogen-bond donors (Lipinski definition) is 2. The van der Waals surface area contributed by atoms with E-state index in [2.05, 4.69) is 52.7 Å². The van der Waals surface area contributed by atoms with Gasteiger partial charge in [-0.25, -0.2) is 0 Å². The lowest BCUT2D eigenvalue weighted by atomic mass is 10.1. The van der Waals surface area contributed by atoms with E-state index in [9.17, 15) is 4.79 Å². The molecular formula is C16H24N4O. The molecule has 0 bridgehead atoms. The highest BCUT2D eigenvalue weighted by Gasteiger charge is 2.31. The fraction of sp³-hybridized carbons (Fsp3) is 0.562. The molecule has 2 N–H and O–H groups in total. The molecule has 3 rings (SSSR count). The predicted molar refractivity (Wildman–Crippen MR) is 85.8 cm³/mol. The Labute approximate surface area is 126 Å². The lowest BCUT2D eigenvalue weighted by molar-refractivity contribution is -0.117. The molecule has 0 saturated carbocycles. The Hall–Kier alpha value is -1.59. The molecule has 5 nitrogen and oxygen atoms in total. The van der Waals surface area contributed by atoms with Gasteiger partial charge in [0, 0.05) is 36.1 Å². The summed E-state index contributed by atoms with van der Waals surface area (Å²) in [6.07, 6.45) is 1.19. The minimum absolute atomic E-state index is 0.0524. The number of likely N-dealkylation sites (N-methyl/N-ethyl adjacent to an activating group) is 2. The molecular weight excluding hydrogens is 264 g/mol. The van der Waals surface area contributed by atoms with Crippen LogP contribution in [0.1, 0.15) is 24.9 Å². The highest BCUT2D eigenvalue weighted by atomic mass is 16.2. The molecule has 114 valence electrons. The van der Waals surface area contributed by atoms with Gasteiger partial charge in [0.1, 0.15) is 6.04 Å². The zero-order valence-corrected chi connectivity index (χ0v) is 13.0. The number of hydrogen-bond acceptors (Lipinski definition) is 4. The van der Waals surface area contributed by atoms with Crippen LogP contribution < -0.4 is 15.5 Å². The van der Waals surface area contributed by atoms with E-state index in [0.29, 0.717) is 6.04 Å². The standard InChI is InChI=1S/C16H24N4O/c1-4-17-15-13-6-5-11(9-14(13)18-16(15)21)20-8-7-12(10-20)19(2)3/h5-6,9,12,15,17H,4,7-8,10H2,1-3H3,(H,18,21). The number of nitrogens with one attached hydrogen (secondary N) is 2. The van der Waals surface area contributed by atoms with Crippen molar-refractivity contribution in [1.29, 1.82) is 0 Å². The topological polar surface area (TPSA) is 47.6 Å². The average molecular weight is 288 g/mol. The Morgan fingerprint density at radius 1 is 1.43 bits per heavy atom. The van der Waals surface area contributed by atoms with Crippen molar-refractivity contribution in [3.63, 3.8) is 0 Å². The summed E-state index contributed by atoms with van der Waals surface area (Å²) in [5, 5.41) is 6.22. The summed E-state index contributed by atoms with van der Waals surface area (Å²) in [7, 11) is 4.27. The van der Waals surface area contributed by atoms with Crippen molar-refractivity contribution >= 4 is 17.3 Å². The Bertz CT molecular complexity index is 543. The average Bonchev–Trinajstić information content (AvgIpc) is 3.04. The van der Waals surface area contributed by atoms with Crippen molar-refractivity contribution in [3.8, 4) is 0 Å². The van der Waals surface area contributed by atoms with Crippen molar-refractivity contribution in [3.05, 3.63) is 23.8 Å². The Balaban J connectivity index is 1.79. The van der Waals surface area contributed by atoms with E-state index in [1.807, 2.05) is 6.92 Å². The van der Waals surface area contributed by atoms with Crippen LogP contribution in [0.4, 0.5) is 11.4 Å². The highest BCUT2D eigenvalue weighted by molar-refractivity contribution is 6.03. The van der Waals surface area contributed by atoms with Crippen molar-refractivity contribution in [1.82, 2.24) is 10.2 Å². The van der Waals surface area contributed by atoms with Gasteiger partial charge in [-0.15, -0.1) is 0 Å². The first kappa shape index (κ1) is 14.4. The molecule has 0 aromatic heterocycles. The van der Waals surface area contributed by atoms with Crippen LogP contribution in [-0.4, -0.2) is 50.6 Å². The van der Waals surface area contributed by atoms with Crippen LogP contribution in [0.15, 0.2) is 18.2 Å². The monoisotopic (exact) mass is 288 g/mol.